The standard InChI is InChI=1S/C15H9Cl2N3OS/c16-10-1-2-11(12(17)7-10)13-8-22-15(19-13)20-14(21)9-3-5-18-6-4-9/h1-8H,(H,19,20,21). The average molecular weight is 350 g/mol. The first-order valence-electron chi connectivity index (χ1n) is 6.26. The molecule has 2 aromatic heterocycles. The molecule has 7 heteroatoms. The van der Waals surface area contributed by atoms with Gasteiger partial charge in [0.15, 0.2) is 5.13 Å². The number of amides is 1. The molecule has 4 nitrogen and oxygen atoms in total. The molecular formula is C15H9Cl2N3OS. The van der Waals surface area contributed by atoms with Crippen molar-refractivity contribution in [3.05, 3.63) is 63.7 Å². The molecule has 0 atom stereocenters. The van der Waals surface area contributed by atoms with Gasteiger partial charge < -0.3 is 0 Å². The van der Waals surface area contributed by atoms with Crippen molar-refractivity contribution in [3.8, 4) is 11.3 Å². The second-order valence-electron chi connectivity index (χ2n) is 4.35. The van der Waals surface area contributed by atoms with E-state index in [-0.39, 0.29) is 5.91 Å². The van der Waals surface area contributed by atoms with Crippen LogP contribution in [0.1, 0.15) is 10.4 Å². The molecule has 0 fully saturated rings. The first-order chi connectivity index (χ1) is 10.6. The summed E-state index contributed by atoms with van der Waals surface area (Å²) in [7, 11) is 0. The van der Waals surface area contributed by atoms with Gasteiger partial charge in [-0.05, 0) is 30.3 Å². The Balaban J connectivity index is 1.81. The zero-order valence-electron chi connectivity index (χ0n) is 11.1. The minimum Gasteiger partial charge on any atom is -0.298 e. The van der Waals surface area contributed by atoms with Crippen molar-refractivity contribution >= 4 is 45.6 Å². The molecule has 3 rings (SSSR count). The lowest BCUT2D eigenvalue weighted by atomic mass is 10.2. The maximum atomic E-state index is 12.1. The van der Waals surface area contributed by atoms with E-state index >= 15 is 0 Å². The van der Waals surface area contributed by atoms with Crippen molar-refractivity contribution in [2.75, 3.05) is 5.32 Å². The number of benzene rings is 1. The smallest absolute Gasteiger partial charge is 0.257 e. The minimum atomic E-state index is -0.231. The quantitative estimate of drug-likeness (QED) is 0.741. The molecule has 2 heterocycles. The Kier molecular flexibility index (Phi) is 4.38. The number of aromatic nitrogens is 2. The van der Waals surface area contributed by atoms with E-state index in [9.17, 15) is 4.79 Å². The molecule has 110 valence electrons. The Morgan fingerprint density at radius 3 is 2.64 bits per heavy atom. The first-order valence-corrected chi connectivity index (χ1v) is 7.89. The highest BCUT2D eigenvalue weighted by Gasteiger charge is 2.11. The highest BCUT2D eigenvalue weighted by atomic mass is 35.5. The van der Waals surface area contributed by atoms with Crippen LogP contribution in [-0.4, -0.2) is 15.9 Å². The van der Waals surface area contributed by atoms with E-state index in [1.165, 1.54) is 11.3 Å². The molecule has 0 unspecified atom stereocenters. The van der Waals surface area contributed by atoms with E-state index < -0.39 is 0 Å². The van der Waals surface area contributed by atoms with Gasteiger partial charge in [-0.1, -0.05) is 23.2 Å². The number of nitrogens with one attached hydrogen (secondary N) is 1. The van der Waals surface area contributed by atoms with E-state index in [1.54, 1.807) is 42.7 Å². The van der Waals surface area contributed by atoms with E-state index in [0.717, 1.165) is 5.56 Å². The van der Waals surface area contributed by atoms with E-state index in [4.69, 9.17) is 23.2 Å². The summed E-state index contributed by atoms with van der Waals surface area (Å²) >= 11 is 13.4. The van der Waals surface area contributed by atoms with Gasteiger partial charge in [-0.25, -0.2) is 4.98 Å². The van der Waals surface area contributed by atoms with Gasteiger partial charge in [-0.2, -0.15) is 0 Å². The lowest BCUT2D eigenvalue weighted by Gasteiger charge is -2.02. The lowest BCUT2D eigenvalue weighted by molar-refractivity contribution is 0.102. The molecule has 1 aromatic carbocycles. The summed E-state index contributed by atoms with van der Waals surface area (Å²) in [5, 5.41) is 6.17. The third-order valence-corrected chi connectivity index (χ3v) is 4.18. The molecule has 22 heavy (non-hydrogen) atoms. The molecule has 0 aliphatic heterocycles. The third-order valence-electron chi connectivity index (χ3n) is 2.87. The van der Waals surface area contributed by atoms with Gasteiger partial charge in [0.1, 0.15) is 0 Å². The molecule has 0 saturated carbocycles. The molecule has 1 amide bonds. The number of nitrogens with zero attached hydrogens (tertiary/aromatic N) is 2. The number of pyridine rings is 1. The minimum absolute atomic E-state index is 0.231. The fourth-order valence-electron chi connectivity index (χ4n) is 1.82. The molecule has 3 aromatic rings. The molecule has 0 saturated heterocycles. The Bertz CT molecular complexity index is 821. The lowest BCUT2D eigenvalue weighted by Crippen LogP contribution is -2.11. The van der Waals surface area contributed by atoms with Crippen molar-refractivity contribution < 1.29 is 4.79 Å². The van der Waals surface area contributed by atoms with Gasteiger partial charge in [0.25, 0.3) is 5.91 Å². The number of hydrogen-bond donors (Lipinski definition) is 1. The number of anilines is 1. The number of hydrogen-bond acceptors (Lipinski definition) is 4. The highest BCUT2D eigenvalue weighted by molar-refractivity contribution is 7.14. The average Bonchev–Trinajstić information content (AvgIpc) is 2.96. The Labute approximate surface area is 140 Å². The van der Waals surface area contributed by atoms with Crippen LogP contribution in [-0.2, 0) is 0 Å². The molecule has 1 N–H and O–H groups in total. The summed E-state index contributed by atoms with van der Waals surface area (Å²) in [4.78, 5) is 20.3. The summed E-state index contributed by atoms with van der Waals surface area (Å²) in [6.45, 7) is 0. The van der Waals surface area contributed by atoms with Crippen molar-refractivity contribution in [3.63, 3.8) is 0 Å². The van der Waals surface area contributed by atoms with E-state index in [1.807, 2.05) is 5.38 Å². The van der Waals surface area contributed by atoms with Crippen molar-refractivity contribution in [2.24, 2.45) is 0 Å². The van der Waals surface area contributed by atoms with E-state index in [2.05, 4.69) is 15.3 Å². The summed E-state index contributed by atoms with van der Waals surface area (Å²) < 4.78 is 0. The highest BCUT2D eigenvalue weighted by Crippen LogP contribution is 2.32. The van der Waals surface area contributed by atoms with Crippen LogP contribution in [0.4, 0.5) is 5.13 Å². The summed E-state index contributed by atoms with van der Waals surface area (Å²) in [6.07, 6.45) is 3.13. The van der Waals surface area contributed by atoms with Gasteiger partial charge in [-0.3, -0.25) is 15.1 Å². The topological polar surface area (TPSA) is 54.9 Å². The van der Waals surface area contributed by atoms with E-state index in [0.29, 0.717) is 26.4 Å². The van der Waals surface area contributed by atoms with Gasteiger partial charge >= 0.3 is 0 Å². The van der Waals surface area contributed by atoms with Crippen LogP contribution < -0.4 is 5.32 Å². The number of halogens is 2. The van der Waals surface area contributed by atoms with Crippen molar-refractivity contribution in [1.82, 2.24) is 9.97 Å². The molecule has 0 spiro atoms. The summed E-state index contributed by atoms with van der Waals surface area (Å²) in [6, 6.07) is 8.48. The molecule has 0 aliphatic carbocycles. The summed E-state index contributed by atoms with van der Waals surface area (Å²) in [5.74, 6) is -0.231. The van der Waals surface area contributed by atoms with Crippen LogP contribution in [0.2, 0.25) is 10.0 Å². The Morgan fingerprint density at radius 2 is 1.91 bits per heavy atom. The Morgan fingerprint density at radius 1 is 1.14 bits per heavy atom. The molecular weight excluding hydrogens is 341 g/mol. The summed E-state index contributed by atoms with van der Waals surface area (Å²) in [5.41, 5.74) is 1.99. The van der Waals surface area contributed by atoms with Crippen LogP contribution in [0.3, 0.4) is 0 Å². The zero-order valence-corrected chi connectivity index (χ0v) is 13.4. The maximum absolute atomic E-state index is 12.1. The number of thiazole rings is 1. The molecule has 0 radical (unpaired) electrons. The van der Waals surface area contributed by atoms with Gasteiger partial charge in [0.2, 0.25) is 0 Å². The normalized spacial score (nSPS) is 10.5. The second kappa shape index (κ2) is 6.44. The zero-order chi connectivity index (χ0) is 15.5. The predicted molar refractivity (Wildman–Crippen MR) is 89.8 cm³/mol. The fourth-order valence-corrected chi connectivity index (χ4v) is 3.04. The first kappa shape index (κ1) is 15.0. The molecule has 0 bridgehead atoms. The van der Waals surface area contributed by atoms with Crippen LogP contribution >= 0.6 is 34.5 Å². The SMILES string of the molecule is O=C(Nc1nc(-c2ccc(Cl)cc2Cl)cs1)c1ccncc1. The largest absolute Gasteiger partial charge is 0.298 e. The number of carbonyl (C=O) groups excluding carboxylic acids is 1. The Hall–Kier alpha value is -1.95. The van der Waals surface area contributed by atoms with Crippen LogP contribution in [0.5, 0.6) is 0 Å². The number of carbonyl (C=O) groups is 1. The van der Waals surface area contributed by atoms with Gasteiger partial charge in [-0.15, -0.1) is 11.3 Å². The van der Waals surface area contributed by atoms with Gasteiger partial charge in [0.05, 0.1) is 10.7 Å². The fraction of sp³-hybridized carbons (Fsp3) is 0. The third kappa shape index (κ3) is 3.27. The second-order valence-corrected chi connectivity index (χ2v) is 6.05. The van der Waals surface area contributed by atoms with Crippen molar-refractivity contribution in [2.45, 2.75) is 0 Å². The molecule has 0 aliphatic rings. The van der Waals surface area contributed by atoms with Crippen LogP contribution in [0.15, 0.2) is 48.1 Å². The van der Waals surface area contributed by atoms with Crippen LogP contribution in [0.25, 0.3) is 11.3 Å². The van der Waals surface area contributed by atoms with Crippen molar-refractivity contribution in [1.29, 1.82) is 0 Å². The maximum Gasteiger partial charge on any atom is 0.257 e. The van der Waals surface area contributed by atoms with Gasteiger partial charge in [0, 0.05) is 33.9 Å². The monoisotopic (exact) mass is 349 g/mol. The predicted octanol–water partition coefficient (Wildman–Crippen LogP) is 4.76. The van der Waals surface area contributed by atoms with Crippen LogP contribution in [0, 0.1) is 0 Å². The number of rotatable bonds is 3.